The molecule has 0 aliphatic rings. The minimum absolute atomic E-state index is 0.627. The molecule has 0 spiro atoms. The Labute approximate surface area is 153 Å². The van der Waals surface area contributed by atoms with Crippen molar-refractivity contribution in [2.75, 3.05) is 5.73 Å². The number of nitrogens with two attached hydrogens (primary N) is 1. The van der Waals surface area contributed by atoms with Crippen molar-refractivity contribution in [3.8, 4) is 11.5 Å². The number of rotatable bonds is 3. The summed E-state index contributed by atoms with van der Waals surface area (Å²) in [5.74, 6) is 0.627. The SMILES string of the molecule is Nc1ccc(/C=C/c2ccc(-c3nc4ccc(Br)cc4o3)cc2)cc1. The van der Waals surface area contributed by atoms with Crippen molar-refractivity contribution < 1.29 is 4.42 Å². The van der Waals surface area contributed by atoms with Crippen LogP contribution < -0.4 is 5.73 Å². The van der Waals surface area contributed by atoms with Crippen LogP contribution in [-0.2, 0) is 0 Å². The van der Waals surface area contributed by atoms with E-state index in [4.69, 9.17) is 10.2 Å². The molecule has 25 heavy (non-hydrogen) atoms. The Balaban J connectivity index is 1.57. The van der Waals surface area contributed by atoms with Crippen LogP contribution in [0.2, 0.25) is 0 Å². The highest BCUT2D eigenvalue weighted by Crippen LogP contribution is 2.26. The van der Waals surface area contributed by atoms with Crippen LogP contribution in [0.5, 0.6) is 0 Å². The lowest BCUT2D eigenvalue weighted by Gasteiger charge is -1.98. The van der Waals surface area contributed by atoms with Crippen LogP contribution in [0.4, 0.5) is 5.69 Å². The summed E-state index contributed by atoms with van der Waals surface area (Å²) in [4.78, 5) is 4.54. The van der Waals surface area contributed by atoms with E-state index < -0.39 is 0 Å². The molecule has 0 atom stereocenters. The molecule has 0 bridgehead atoms. The van der Waals surface area contributed by atoms with Crippen molar-refractivity contribution in [2.24, 2.45) is 0 Å². The molecule has 0 saturated heterocycles. The number of nitrogen functional groups attached to an aromatic ring is 1. The van der Waals surface area contributed by atoms with Crippen molar-refractivity contribution in [1.82, 2.24) is 4.98 Å². The fraction of sp³-hybridized carbons (Fsp3) is 0. The Morgan fingerprint density at radius 2 is 1.48 bits per heavy atom. The van der Waals surface area contributed by atoms with E-state index in [0.29, 0.717) is 5.89 Å². The molecule has 1 heterocycles. The Hall–Kier alpha value is -2.85. The predicted octanol–water partition coefficient (Wildman–Crippen LogP) is 6.01. The van der Waals surface area contributed by atoms with Crippen LogP contribution in [-0.4, -0.2) is 4.98 Å². The zero-order valence-electron chi connectivity index (χ0n) is 13.3. The van der Waals surface area contributed by atoms with E-state index in [0.717, 1.165) is 38.0 Å². The first-order valence-electron chi connectivity index (χ1n) is 7.87. The predicted molar refractivity (Wildman–Crippen MR) is 107 cm³/mol. The first kappa shape index (κ1) is 15.7. The lowest BCUT2D eigenvalue weighted by atomic mass is 10.1. The van der Waals surface area contributed by atoms with Gasteiger partial charge in [0, 0.05) is 15.7 Å². The summed E-state index contributed by atoms with van der Waals surface area (Å²) in [5.41, 5.74) is 11.3. The summed E-state index contributed by atoms with van der Waals surface area (Å²) in [6.45, 7) is 0. The highest BCUT2D eigenvalue weighted by atomic mass is 79.9. The van der Waals surface area contributed by atoms with Gasteiger partial charge in [-0.15, -0.1) is 0 Å². The number of benzene rings is 3. The van der Waals surface area contributed by atoms with Gasteiger partial charge in [-0.2, -0.15) is 0 Å². The summed E-state index contributed by atoms with van der Waals surface area (Å²) in [7, 11) is 0. The van der Waals surface area contributed by atoms with Gasteiger partial charge in [-0.05, 0) is 53.6 Å². The van der Waals surface area contributed by atoms with Crippen LogP contribution in [0.15, 0.2) is 75.6 Å². The highest BCUT2D eigenvalue weighted by Gasteiger charge is 2.08. The second-order valence-electron chi connectivity index (χ2n) is 5.75. The molecule has 3 nitrogen and oxygen atoms in total. The van der Waals surface area contributed by atoms with E-state index in [1.54, 1.807) is 0 Å². The summed E-state index contributed by atoms with van der Waals surface area (Å²) in [6, 6.07) is 21.7. The van der Waals surface area contributed by atoms with Crippen molar-refractivity contribution in [3.63, 3.8) is 0 Å². The van der Waals surface area contributed by atoms with Crippen LogP contribution in [0.3, 0.4) is 0 Å². The Morgan fingerprint density at radius 3 is 2.16 bits per heavy atom. The van der Waals surface area contributed by atoms with E-state index in [1.807, 2.05) is 66.7 Å². The third-order valence-electron chi connectivity index (χ3n) is 3.91. The summed E-state index contributed by atoms with van der Waals surface area (Å²) >= 11 is 3.45. The lowest BCUT2D eigenvalue weighted by Crippen LogP contribution is -1.82. The molecule has 0 saturated carbocycles. The Kier molecular flexibility index (Phi) is 4.12. The number of hydrogen-bond acceptors (Lipinski definition) is 3. The van der Waals surface area contributed by atoms with E-state index in [-0.39, 0.29) is 0 Å². The fourth-order valence-corrected chi connectivity index (χ4v) is 2.90. The topological polar surface area (TPSA) is 52.0 Å². The van der Waals surface area contributed by atoms with Gasteiger partial charge in [0.05, 0.1) is 0 Å². The summed E-state index contributed by atoms with van der Waals surface area (Å²) in [6.07, 6.45) is 4.13. The van der Waals surface area contributed by atoms with Crippen LogP contribution in [0.25, 0.3) is 34.7 Å². The second-order valence-corrected chi connectivity index (χ2v) is 6.67. The third-order valence-corrected chi connectivity index (χ3v) is 4.41. The average Bonchev–Trinajstić information content (AvgIpc) is 3.05. The molecule has 4 heteroatoms. The molecule has 0 aliphatic heterocycles. The smallest absolute Gasteiger partial charge is 0.227 e. The molecule has 4 rings (SSSR count). The molecule has 0 aliphatic carbocycles. The van der Waals surface area contributed by atoms with Crippen molar-refractivity contribution in [1.29, 1.82) is 0 Å². The van der Waals surface area contributed by atoms with Gasteiger partial charge in [0.1, 0.15) is 5.52 Å². The number of halogens is 1. The number of nitrogens with zero attached hydrogens (tertiary/aromatic N) is 1. The number of fused-ring (bicyclic) bond motifs is 1. The minimum Gasteiger partial charge on any atom is -0.436 e. The van der Waals surface area contributed by atoms with Crippen molar-refractivity contribution in [2.45, 2.75) is 0 Å². The Morgan fingerprint density at radius 1 is 0.840 bits per heavy atom. The van der Waals surface area contributed by atoms with Crippen LogP contribution >= 0.6 is 15.9 Å². The van der Waals surface area contributed by atoms with Gasteiger partial charge in [0.2, 0.25) is 5.89 Å². The van der Waals surface area contributed by atoms with Crippen molar-refractivity contribution in [3.05, 3.63) is 82.3 Å². The van der Waals surface area contributed by atoms with Gasteiger partial charge in [-0.25, -0.2) is 4.98 Å². The number of aromatic nitrogens is 1. The van der Waals surface area contributed by atoms with Gasteiger partial charge in [0.25, 0.3) is 0 Å². The molecule has 2 N–H and O–H groups in total. The maximum atomic E-state index is 5.84. The zero-order valence-corrected chi connectivity index (χ0v) is 14.9. The lowest BCUT2D eigenvalue weighted by molar-refractivity contribution is 0.619. The maximum absolute atomic E-state index is 5.84. The number of anilines is 1. The minimum atomic E-state index is 0.627. The standard InChI is InChI=1S/C21H15BrN2O/c22-17-9-12-19-20(13-17)25-21(24-19)16-7-3-14(4-8-16)1-2-15-5-10-18(23)11-6-15/h1-13H,23H2/b2-1+. The van der Waals surface area contributed by atoms with Gasteiger partial charge in [0.15, 0.2) is 5.58 Å². The van der Waals surface area contributed by atoms with E-state index in [9.17, 15) is 0 Å². The molecule has 4 aromatic rings. The van der Waals surface area contributed by atoms with Crippen molar-refractivity contribution >= 4 is 44.9 Å². The van der Waals surface area contributed by atoms with Gasteiger partial charge in [-0.1, -0.05) is 52.3 Å². The number of oxazole rings is 1. The average molecular weight is 391 g/mol. The first-order chi connectivity index (χ1) is 12.2. The molecule has 0 fully saturated rings. The highest BCUT2D eigenvalue weighted by molar-refractivity contribution is 9.10. The van der Waals surface area contributed by atoms with Crippen LogP contribution in [0.1, 0.15) is 11.1 Å². The molecule has 0 unspecified atom stereocenters. The van der Waals surface area contributed by atoms with E-state index in [2.05, 4.69) is 33.1 Å². The van der Waals surface area contributed by atoms with E-state index in [1.165, 1.54) is 0 Å². The summed E-state index contributed by atoms with van der Waals surface area (Å²) < 4.78 is 6.82. The quantitative estimate of drug-likeness (QED) is 0.344. The Bertz CT molecular complexity index is 1050. The fourth-order valence-electron chi connectivity index (χ4n) is 2.56. The zero-order chi connectivity index (χ0) is 17.2. The van der Waals surface area contributed by atoms with Gasteiger partial charge >= 0.3 is 0 Å². The molecule has 1 aromatic heterocycles. The third kappa shape index (κ3) is 3.49. The molecular formula is C21H15BrN2O. The monoisotopic (exact) mass is 390 g/mol. The molecule has 122 valence electrons. The molecule has 0 radical (unpaired) electrons. The second kappa shape index (κ2) is 6.57. The normalized spacial score (nSPS) is 11.4. The molecule has 0 amide bonds. The van der Waals surface area contributed by atoms with E-state index >= 15 is 0 Å². The first-order valence-corrected chi connectivity index (χ1v) is 8.67. The molecular weight excluding hydrogens is 376 g/mol. The van der Waals surface area contributed by atoms with Gasteiger partial charge < -0.3 is 10.2 Å². The maximum Gasteiger partial charge on any atom is 0.227 e. The summed E-state index contributed by atoms with van der Waals surface area (Å²) in [5, 5.41) is 0. The number of hydrogen-bond donors (Lipinski definition) is 1. The van der Waals surface area contributed by atoms with Gasteiger partial charge in [-0.3, -0.25) is 0 Å². The molecule has 3 aromatic carbocycles. The largest absolute Gasteiger partial charge is 0.436 e. The van der Waals surface area contributed by atoms with Crippen LogP contribution in [0, 0.1) is 0 Å².